The summed E-state index contributed by atoms with van der Waals surface area (Å²) in [5, 5.41) is 0. The molecule has 4 nitrogen and oxygen atoms in total. The lowest BCUT2D eigenvalue weighted by Crippen LogP contribution is -2.26. The van der Waals surface area contributed by atoms with Crippen LogP contribution < -0.4 is 11.5 Å². The zero-order chi connectivity index (χ0) is 15.2. The lowest BCUT2D eigenvalue weighted by Gasteiger charge is -2.14. The second-order valence-electron chi connectivity index (χ2n) is 4.67. The highest BCUT2D eigenvalue weighted by atomic mass is 19.1. The summed E-state index contributed by atoms with van der Waals surface area (Å²) in [6.07, 6.45) is 0.447. The van der Waals surface area contributed by atoms with Crippen molar-refractivity contribution < 1.29 is 9.18 Å². The van der Waals surface area contributed by atoms with E-state index in [9.17, 15) is 9.18 Å². The molecule has 0 saturated carbocycles. The molecule has 5 heteroatoms. The zero-order valence-electron chi connectivity index (χ0n) is 11.4. The van der Waals surface area contributed by atoms with Crippen LogP contribution in [0.3, 0.4) is 0 Å². The van der Waals surface area contributed by atoms with E-state index in [1.54, 1.807) is 12.1 Å². The summed E-state index contributed by atoms with van der Waals surface area (Å²) in [4.78, 5) is 15.8. The van der Waals surface area contributed by atoms with E-state index in [-0.39, 0.29) is 11.8 Å². The second kappa shape index (κ2) is 6.65. The van der Waals surface area contributed by atoms with E-state index in [0.717, 1.165) is 5.56 Å². The number of rotatable bonds is 4. The van der Waals surface area contributed by atoms with Crippen LogP contribution in [0.5, 0.6) is 0 Å². The van der Waals surface area contributed by atoms with Crippen LogP contribution in [0.25, 0.3) is 0 Å². The molecular weight excluding hydrogens is 269 g/mol. The van der Waals surface area contributed by atoms with Gasteiger partial charge in [-0.1, -0.05) is 42.5 Å². The first-order valence-electron chi connectivity index (χ1n) is 6.49. The Hall–Kier alpha value is -2.69. The maximum absolute atomic E-state index is 13.0. The number of hydrogen-bond donors (Lipinski definition) is 2. The molecular formula is C16H16FN3O. The van der Waals surface area contributed by atoms with E-state index in [0.29, 0.717) is 12.0 Å². The minimum Gasteiger partial charge on any atom is -0.370 e. The third kappa shape index (κ3) is 4.14. The van der Waals surface area contributed by atoms with Crippen LogP contribution in [-0.4, -0.2) is 11.9 Å². The molecule has 1 amide bonds. The molecule has 0 spiro atoms. The van der Waals surface area contributed by atoms with E-state index >= 15 is 0 Å². The van der Waals surface area contributed by atoms with Gasteiger partial charge >= 0.3 is 0 Å². The van der Waals surface area contributed by atoms with Gasteiger partial charge in [-0.15, -0.1) is 0 Å². The first-order valence-corrected chi connectivity index (χ1v) is 6.49. The highest BCUT2D eigenvalue weighted by molar-refractivity contribution is 5.95. The minimum absolute atomic E-state index is 0.278. The number of guanidine groups is 1. The van der Waals surface area contributed by atoms with Crippen molar-refractivity contribution in [3.05, 3.63) is 71.5 Å². The quantitative estimate of drug-likeness (QED) is 0.665. The van der Waals surface area contributed by atoms with E-state index in [1.165, 1.54) is 12.1 Å². The largest absolute Gasteiger partial charge is 0.370 e. The predicted octanol–water partition coefficient (Wildman–Crippen LogP) is 1.95. The van der Waals surface area contributed by atoms with Crippen LogP contribution in [0.2, 0.25) is 0 Å². The first-order chi connectivity index (χ1) is 10.1. The molecule has 0 aromatic heterocycles. The van der Waals surface area contributed by atoms with Gasteiger partial charge in [-0.3, -0.25) is 4.79 Å². The number of halogens is 1. The molecule has 0 bridgehead atoms. The lowest BCUT2D eigenvalue weighted by atomic mass is 9.91. The summed E-state index contributed by atoms with van der Waals surface area (Å²) >= 11 is 0. The molecule has 0 unspecified atom stereocenters. The monoisotopic (exact) mass is 285 g/mol. The van der Waals surface area contributed by atoms with Gasteiger partial charge in [0.25, 0.3) is 5.91 Å². The van der Waals surface area contributed by atoms with Crippen LogP contribution in [0.15, 0.2) is 59.6 Å². The summed E-state index contributed by atoms with van der Waals surface area (Å²) in [6.45, 7) is 0. The Balaban J connectivity index is 2.32. The number of benzene rings is 2. The van der Waals surface area contributed by atoms with E-state index in [2.05, 4.69) is 4.99 Å². The van der Waals surface area contributed by atoms with Gasteiger partial charge in [0.1, 0.15) is 5.82 Å². The molecule has 2 rings (SSSR count). The van der Waals surface area contributed by atoms with E-state index in [4.69, 9.17) is 11.5 Å². The molecule has 108 valence electrons. The topological polar surface area (TPSA) is 81.5 Å². The molecule has 0 saturated heterocycles. The van der Waals surface area contributed by atoms with Crippen molar-refractivity contribution in [1.82, 2.24) is 0 Å². The Morgan fingerprint density at radius 1 is 1.05 bits per heavy atom. The first kappa shape index (κ1) is 14.7. The fourth-order valence-corrected chi connectivity index (χ4v) is 2.10. The zero-order valence-corrected chi connectivity index (χ0v) is 11.4. The van der Waals surface area contributed by atoms with Crippen molar-refractivity contribution in [3.8, 4) is 0 Å². The maximum Gasteiger partial charge on any atom is 0.256 e. The third-order valence-corrected chi connectivity index (χ3v) is 3.09. The Bertz CT molecular complexity index is 634. The summed E-state index contributed by atoms with van der Waals surface area (Å²) in [6, 6.07) is 15.3. The van der Waals surface area contributed by atoms with Crippen LogP contribution >= 0.6 is 0 Å². The average Bonchev–Trinajstić information content (AvgIpc) is 2.46. The molecule has 0 aliphatic heterocycles. The SMILES string of the molecule is NC(N)=NC(=O)[C@H](Cc1ccccc1)c1ccc(F)cc1. The molecule has 1 atom stereocenters. The molecule has 21 heavy (non-hydrogen) atoms. The number of amides is 1. The second-order valence-corrected chi connectivity index (χ2v) is 4.67. The highest BCUT2D eigenvalue weighted by Crippen LogP contribution is 2.23. The highest BCUT2D eigenvalue weighted by Gasteiger charge is 2.21. The smallest absolute Gasteiger partial charge is 0.256 e. The summed E-state index contributed by atoms with van der Waals surface area (Å²) in [5.74, 6) is -1.62. The third-order valence-electron chi connectivity index (χ3n) is 3.09. The predicted molar refractivity (Wildman–Crippen MR) is 80.1 cm³/mol. The lowest BCUT2D eigenvalue weighted by molar-refractivity contribution is -0.119. The number of nitrogens with two attached hydrogens (primary N) is 2. The summed E-state index contributed by atoms with van der Waals surface area (Å²) in [5.41, 5.74) is 12.2. The molecule has 0 heterocycles. The van der Waals surface area contributed by atoms with Crippen molar-refractivity contribution in [1.29, 1.82) is 0 Å². The number of aliphatic imine (C=N–C) groups is 1. The fourth-order valence-electron chi connectivity index (χ4n) is 2.10. The van der Waals surface area contributed by atoms with Crippen LogP contribution in [0, 0.1) is 5.82 Å². The molecule has 2 aromatic carbocycles. The molecule has 0 aliphatic carbocycles. The minimum atomic E-state index is -0.546. The van der Waals surface area contributed by atoms with Crippen molar-refractivity contribution in [2.75, 3.05) is 0 Å². The Kier molecular flexibility index (Phi) is 4.66. The van der Waals surface area contributed by atoms with E-state index in [1.807, 2.05) is 30.3 Å². The number of carbonyl (C=O) groups excluding carboxylic acids is 1. The van der Waals surface area contributed by atoms with Crippen LogP contribution in [0.1, 0.15) is 17.0 Å². The number of carbonyl (C=O) groups is 1. The summed E-state index contributed by atoms with van der Waals surface area (Å²) in [7, 11) is 0. The van der Waals surface area contributed by atoms with Gasteiger partial charge < -0.3 is 11.5 Å². The fraction of sp³-hybridized carbons (Fsp3) is 0.125. The van der Waals surface area contributed by atoms with E-state index < -0.39 is 11.8 Å². The molecule has 4 N–H and O–H groups in total. The van der Waals surface area contributed by atoms with Crippen molar-refractivity contribution >= 4 is 11.9 Å². The van der Waals surface area contributed by atoms with Gasteiger partial charge in [0.2, 0.25) is 0 Å². The maximum atomic E-state index is 13.0. The number of hydrogen-bond acceptors (Lipinski definition) is 1. The van der Waals surface area contributed by atoms with Gasteiger partial charge in [0, 0.05) is 0 Å². The van der Waals surface area contributed by atoms with Gasteiger partial charge in [-0.25, -0.2) is 4.39 Å². The molecule has 0 fully saturated rings. The average molecular weight is 285 g/mol. The molecule has 0 radical (unpaired) electrons. The summed E-state index contributed by atoms with van der Waals surface area (Å²) < 4.78 is 13.0. The van der Waals surface area contributed by atoms with Crippen LogP contribution in [0.4, 0.5) is 4.39 Å². The van der Waals surface area contributed by atoms with Gasteiger partial charge in [0.15, 0.2) is 5.96 Å². The Morgan fingerprint density at radius 3 is 2.24 bits per heavy atom. The Labute approximate surface area is 122 Å². The van der Waals surface area contributed by atoms with Gasteiger partial charge in [-0.05, 0) is 29.7 Å². The standard InChI is InChI=1S/C16H16FN3O/c17-13-8-6-12(7-9-13)14(15(21)20-16(18)19)10-11-4-2-1-3-5-11/h1-9,14H,10H2,(H4,18,19,20,21)/t14-/m1/s1. The van der Waals surface area contributed by atoms with Crippen molar-refractivity contribution in [2.24, 2.45) is 16.5 Å². The normalized spacial score (nSPS) is 11.7. The number of nitrogens with zero attached hydrogens (tertiary/aromatic N) is 1. The molecule has 0 aliphatic rings. The van der Waals surface area contributed by atoms with Gasteiger partial charge in [-0.2, -0.15) is 4.99 Å². The van der Waals surface area contributed by atoms with Crippen molar-refractivity contribution in [2.45, 2.75) is 12.3 Å². The van der Waals surface area contributed by atoms with Gasteiger partial charge in [0.05, 0.1) is 5.92 Å². The molecule has 2 aromatic rings. The Morgan fingerprint density at radius 2 is 1.67 bits per heavy atom. The van der Waals surface area contributed by atoms with Crippen LogP contribution in [-0.2, 0) is 11.2 Å². The van der Waals surface area contributed by atoms with Crippen molar-refractivity contribution in [3.63, 3.8) is 0 Å².